The summed E-state index contributed by atoms with van der Waals surface area (Å²) < 4.78 is 0. The van der Waals surface area contributed by atoms with Crippen molar-refractivity contribution in [1.82, 2.24) is 4.90 Å². The molecule has 1 fully saturated rings. The third kappa shape index (κ3) is 4.74. The summed E-state index contributed by atoms with van der Waals surface area (Å²) in [5.74, 6) is 0.574. The summed E-state index contributed by atoms with van der Waals surface area (Å²) in [5, 5.41) is 0. The molecule has 0 spiro atoms. The standard InChI is InChI=1S/C14H25N3O2/c1-10(6-7-16-9-13(15)19)11(2)14-12(18)5-4-8-17(14)3/h7,10-11,14H,4-6,8-9H2,1-3H3,(H2,15,19)/t10-,11?,14+/m1/s1. The van der Waals surface area contributed by atoms with Gasteiger partial charge < -0.3 is 5.73 Å². The molecule has 0 aliphatic carbocycles. The molecule has 1 saturated heterocycles. The van der Waals surface area contributed by atoms with Crippen LogP contribution in [0.25, 0.3) is 0 Å². The number of hydrogen-bond acceptors (Lipinski definition) is 4. The van der Waals surface area contributed by atoms with Crippen molar-refractivity contribution in [2.75, 3.05) is 20.1 Å². The van der Waals surface area contributed by atoms with E-state index in [2.05, 4.69) is 23.7 Å². The zero-order chi connectivity index (χ0) is 14.4. The Labute approximate surface area is 115 Å². The first-order valence-electron chi connectivity index (χ1n) is 6.93. The number of amides is 1. The van der Waals surface area contributed by atoms with E-state index in [9.17, 15) is 9.59 Å². The van der Waals surface area contributed by atoms with E-state index in [0.717, 1.165) is 19.4 Å². The van der Waals surface area contributed by atoms with Crippen LogP contribution in [-0.4, -0.2) is 49.0 Å². The van der Waals surface area contributed by atoms with Crippen LogP contribution in [0.5, 0.6) is 0 Å². The van der Waals surface area contributed by atoms with E-state index in [1.807, 2.05) is 7.05 Å². The Morgan fingerprint density at radius 3 is 2.84 bits per heavy atom. The molecule has 5 heteroatoms. The van der Waals surface area contributed by atoms with Crippen molar-refractivity contribution in [2.24, 2.45) is 22.6 Å². The van der Waals surface area contributed by atoms with E-state index in [4.69, 9.17) is 5.73 Å². The fourth-order valence-corrected chi connectivity index (χ4v) is 2.65. The monoisotopic (exact) mass is 267 g/mol. The fraction of sp³-hybridized carbons (Fsp3) is 0.786. The highest BCUT2D eigenvalue weighted by molar-refractivity contribution is 5.85. The number of piperidine rings is 1. The lowest BCUT2D eigenvalue weighted by Gasteiger charge is -2.37. The van der Waals surface area contributed by atoms with E-state index in [-0.39, 0.29) is 18.5 Å². The number of primary amides is 1. The predicted molar refractivity (Wildman–Crippen MR) is 76.2 cm³/mol. The minimum atomic E-state index is -0.417. The molecule has 0 radical (unpaired) electrons. The number of rotatable bonds is 6. The zero-order valence-electron chi connectivity index (χ0n) is 12.1. The maximum Gasteiger partial charge on any atom is 0.239 e. The van der Waals surface area contributed by atoms with Gasteiger partial charge in [-0.15, -0.1) is 0 Å². The Morgan fingerprint density at radius 2 is 2.26 bits per heavy atom. The first kappa shape index (κ1) is 15.8. The highest BCUT2D eigenvalue weighted by Gasteiger charge is 2.33. The van der Waals surface area contributed by atoms with Gasteiger partial charge in [-0.25, -0.2) is 0 Å². The van der Waals surface area contributed by atoms with Crippen LogP contribution in [0.15, 0.2) is 4.99 Å². The van der Waals surface area contributed by atoms with Crippen LogP contribution in [0.1, 0.15) is 33.1 Å². The van der Waals surface area contributed by atoms with Crippen molar-refractivity contribution in [3.05, 3.63) is 0 Å². The molecule has 19 heavy (non-hydrogen) atoms. The normalized spacial score (nSPS) is 24.6. The van der Waals surface area contributed by atoms with Gasteiger partial charge in [-0.3, -0.25) is 19.5 Å². The minimum absolute atomic E-state index is 0.0216. The van der Waals surface area contributed by atoms with Gasteiger partial charge in [0.15, 0.2) is 0 Å². The average molecular weight is 267 g/mol. The fourth-order valence-electron chi connectivity index (χ4n) is 2.65. The molecule has 0 aromatic heterocycles. The van der Waals surface area contributed by atoms with Crippen LogP contribution in [0.2, 0.25) is 0 Å². The number of likely N-dealkylation sites (N-methyl/N-ethyl adjacent to an activating group) is 1. The predicted octanol–water partition coefficient (Wildman–Crippen LogP) is 0.868. The van der Waals surface area contributed by atoms with Crippen LogP contribution in [0.4, 0.5) is 0 Å². The van der Waals surface area contributed by atoms with E-state index < -0.39 is 5.91 Å². The van der Waals surface area contributed by atoms with E-state index in [1.165, 1.54) is 0 Å². The summed E-state index contributed by atoms with van der Waals surface area (Å²) in [6, 6.07) is 0.0216. The molecule has 0 aromatic carbocycles. The van der Waals surface area contributed by atoms with Gasteiger partial charge in [0.05, 0.1) is 6.04 Å². The number of ketones is 1. The van der Waals surface area contributed by atoms with Crippen molar-refractivity contribution in [1.29, 1.82) is 0 Å². The Kier molecular flexibility index (Phi) is 6.15. The van der Waals surface area contributed by atoms with E-state index in [0.29, 0.717) is 18.1 Å². The van der Waals surface area contributed by atoms with Gasteiger partial charge in [-0.05, 0) is 44.5 Å². The summed E-state index contributed by atoms with van der Waals surface area (Å²) in [4.78, 5) is 28.7. The molecule has 1 rings (SSSR count). The lowest BCUT2D eigenvalue weighted by molar-refractivity contribution is -0.128. The number of nitrogens with zero attached hydrogens (tertiary/aromatic N) is 2. The van der Waals surface area contributed by atoms with Crippen LogP contribution in [0.3, 0.4) is 0 Å². The summed E-state index contributed by atoms with van der Waals surface area (Å²) >= 11 is 0. The lowest BCUT2D eigenvalue weighted by Crippen LogP contribution is -2.48. The molecular formula is C14H25N3O2. The van der Waals surface area contributed by atoms with Gasteiger partial charge >= 0.3 is 0 Å². The number of carbonyl (C=O) groups is 2. The number of carbonyl (C=O) groups excluding carboxylic acids is 2. The SMILES string of the molecule is CC([C@H](C)CC=NCC(N)=O)[C@H]1C(=O)CCCN1C. The van der Waals surface area contributed by atoms with Gasteiger partial charge in [-0.2, -0.15) is 0 Å². The lowest BCUT2D eigenvalue weighted by atomic mass is 9.81. The van der Waals surface area contributed by atoms with Crippen LogP contribution in [0, 0.1) is 11.8 Å². The smallest absolute Gasteiger partial charge is 0.239 e. The topological polar surface area (TPSA) is 75.8 Å². The molecule has 3 atom stereocenters. The second kappa shape index (κ2) is 7.38. The van der Waals surface area contributed by atoms with Crippen LogP contribution >= 0.6 is 0 Å². The van der Waals surface area contributed by atoms with E-state index in [1.54, 1.807) is 6.21 Å². The number of likely N-dealkylation sites (tertiary alicyclic amines) is 1. The van der Waals surface area contributed by atoms with E-state index >= 15 is 0 Å². The van der Waals surface area contributed by atoms with Crippen molar-refractivity contribution in [3.8, 4) is 0 Å². The first-order valence-corrected chi connectivity index (χ1v) is 6.93. The third-order valence-corrected chi connectivity index (χ3v) is 3.99. The van der Waals surface area contributed by atoms with Gasteiger partial charge in [0.1, 0.15) is 12.3 Å². The molecule has 5 nitrogen and oxygen atoms in total. The molecule has 0 bridgehead atoms. The Balaban J connectivity index is 2.50. The van der Waals surface area contributed by atoms with Gasteiger partial charge in [0.2, 0.25) is 5.91 Å². The summed E-state index contributed by atoms with van der Waals surface area (Å²) in [6.45, 7) is 5.28. The largest absolute Gasteiger partial charge is 0.368 e. The number of nitrogens with two attached hydrogens (primary N) is 1. The summed E-state index contributed by atoms with van der Waals surface area (Å²) in [7, 11) is 2.02. The van der Waals surface area contributed by atoms with Crippen molar-refractivity contribution in [2.45, 2.75) is 39.2 Å². The number of aliphatic imine (C=N–C) groups is 1. The highest BCUT2D eigenvalue weighted by atomic mass is 16.1. The molecule has 0 aromatic rings. The van der Waals surface area contributed by atoms with Crippen molar-refractivity contribution >= 4 is 17.9 Å². The average Bonchev–Trinajstić information content (AvgIpc) is 2.33. The Bertz CT molecular complexity index is 355. The number of hydrogen-bond donors (Lipinski definition) is 1. The molecule has 1 aliphatic rings. The molecule has 1 unspecified atom stereocenters. The second-order valence-corrected chi connectivity index (χ2v) is 5.56. The summed E-state index contributed by atoms with van der Waals surface area (Å²) in [5.41, 5.74) is 5.02. The van der Waals surface area contributed by atoms with Crippen LogP contribution < -0.4 is 5.73 Å². The third-order valence-electron chi connectivity index (χ3n) is 3.99. The van der Waals surface area contributed by atoms with Gasteiger partial charge in [0.25, 0.3) is 0 Å². The summed E-state index contributed by atoms with van der Waals surface area (Å²) in [6.07, 6.45) is 4.18. The Morgan fingerprint density at radius 1 is 1.58 bits per heavy atom. The zero-order valence-corrected chi connectivity index (χ0v) is 12.1. The maximum absolute atomic E-state index is 12.0. The molecular weight excluding hydrogens is 242 g/mol. The molecule has 2 N–H and O–H groups in total. The van der Waals surface area contributed by atoms with Crippen LogP contribution in [-0.2, 0) is 9.59 Å². The Hall–Kier alpha value is -1.23. The van der Waals surface area contributed by atoms with Gasteiger partial charge in [-0.1, -0.05) is 13.8 Å². The molecule has 108 valence electrons. The highest BCUT2D eigenvalue weighted by Crippen LogP contribution is 2.26. The van der Waals surface area contributed by atoms with Gasteiger partial charge in [0, 0.05) is 6.42 Å². The second-order valence-electron chi connectivity index (χ2n) is 5.56. The quantitative estimate of drug-likeness (QED) is 0.725. The van der Waals surface area contributed by atoms with Crippen molar-refractivity contribution < 1.29 is 9.59 Å². The number of Topliss-reactive ketones (excluding diaryl/α,β-unsaturated/α-hetero) is 1. The molecule has 1 amide bonds. The molecule has 1 heterocycles. The molecule has 1 aliphatic heterocycles. The van der Waals surface area contributed by atoms with Crippen molar-refractivity contribution in [3.63, 3.8) is 0 Å². The maximum atomic E-state index is 12.0. The minimum Gasteiger partial charge on any atom is -0.368 e. The molecule has 0 saturated carbocycles. The first-order chi connectivity index (χ1) is 8.93.